The Morgan fingerprint density at radius 1 is 1.08 bits per heavy atom. The number of ether oxygens (including phenoxy) is 1. The van der Waals surface area contributed by atoms with Gasteiger partial charge in [0, 0.05) is 24.7 Å². The van der Waals surface area contributed by atoms with E-state index in [-0.39, 0.29) is 16.7 Å². The zero-order valence-electron chi connectivity index (χ0n) is 14.1. The Bertz CT molecular complexity index is 720. The summed E-state index contributed by atoms with van der Waals surface area (Å²) in [7, 11) is 2.14. The molecule has 0 atom stereocenters. The molecule has 0 N–H and O–H groups in total. The van der Waals surface area contributed by atoms with Crippen molar-refractivity contribution in [2.75, 3.05) is 20.1 Å². The normalized spacial score (nSPS) is 16.1. The van der Waals surface area contributed by atoms with Gasteiger partial charge in [-0.25, -0.2) is 0 Å². The number of benzene rings is 2. The first kappa shape index (κ1) is 16.5. The van der Waals surface area contributed by atoms with Gasteiger partial charge in [0.15, 0.2) is 0 Å². The van der Waals surface area contributed by atoms with Crippen molar-refractivity contribution in [3.8, 4) is 16.9 Å². The summed E-state index contributed by atoms with van der Waals surface area (Å²) in [5, 5.41) is 10.9. The van der Waals surface area contributed by atoms with Gasteiger partial charge < -0.3 is 9.64 Å². The topological polar surface area (TPSA) is 55.6 Å². The van der Waals surface area contributed by atoms with Crippen molar-refractivity contribution < 1.29 is 9.66 Å². The Hall–Kier alpha value is -2.40. The van der Waals surface area contributed by atoms with Crippen molar-refractivity contribution in [3.63, 3.8) is 0 Å². The van der Waals surface area contributed by atoms with E-state index in [0.717, 1.165) is 42.8 Å². The molecule has 0 unspecified atom stereocenters. The fraction of sp³-hybridized carbons (Fsp3) is 0.368. The van der Waals surface area contributed by atoms with E-state index in [4.69, 9.17) is 4.74 Å². The Kier molecular flexibility index (Phi) is 4.81. The molecule has 0 saturated carbocycles. The van der Waals surface area contributed by atoms with Crippen LogP contribution in [-0.2, 0) is 0 Å². The number of nitro groups is 1. The molecule has 3 rings (SSSR count). The number of nitro benzene ring substituents is 1. The number of aryl methyl sites for hydroxylation is 1. The summed E-state index contributed by atoms with van der Waals surface area (Å²) in [5.74, 6) is 0.881. The predicted octanol–water partition coefficient (Wildman–Crippen LogP) is 4.04. The van der Waals surface area contributed by atoms with Gasteiger partial charge in [-0.05, 0) is 62.2 Å². The molecule has 0 aromatic heterocycles. The molecule has 2 aromatic rings. The number of hydrogen-bond donors (Lipinski definition) is 0. The van der Waals surface area contributed by atoms with Gasteiger partial charge in [-0.1, -0.05) is 12.1 Å². The second-order valence-electron chi connectivity index (χ2n) is 6.40. The molecule has 0 bridgehead atoms. The van der Waals surface area contributed by atoms with Crippen LogP contribution < -0.4 is 4.74 Å². The van der Waals surface area contributed by atoms with Gasteiger partial charge in [0.1, 0.15) is 11.9 Å². The third-order valence-corrected chi connectivity index (χ3v) is 4.55. The van der Waals surface area contributed by atoms with Crippen LogP contribution in [0.25, 0.3) is 11.1 Å². The number of hydrogen-bond acceptors (Lipinski definition) is 4. The van der Waals surface area contributed by atoms with E-state index in [9.17, 15) is 10.1 Å². The van der Waals surface area contributed by atoms with Gasteiger partial charge in [0.05, 0.1) is 4.92 Å². The summed E-state index contributed by atoms with van der Waals surface area (Å²) in [4.78, 5) is 12.9. The van der Waals surface area contributed by atoms with E-state index in [1.807, 2.05) is 30.3 Å². The Morgan fingerprint density at radius 3 is 2.29 bits per heavy atom. The maximum atomic E-state index is 10.9. The molecule has 5 heteroatoms. The van der Waals surface area contributed by atoms with Crippen LogP contribution in [0.5, 0.6) is 5.75 Å². The largest absolute Gasteiger partial charge is 0.490 e. The van der Waals surface area contributed by atoms with E-state index < -0.39 is 0 Å². The molecule has 24 heavy (non-hydrogen) atoms. The first-order chi connectivity index (χ1) is 11.5. The molecule has 0 amide bonds. The van der Waals surface area contributed by atoms with Gasteiger partial charge in [0.2, 0.25) is 0 Å². The van der Waals surface area contributed by atoms with E-state index >= 15 is 0 Å². The van der Waals surface area contributed by atoms with Gasteiger partial charge >= 0.3 is 0 Å². The van der Waals surface area contributed by atoms with Crippen molar-refractivity contribution in [2.24, 2.45) is 0 Å². The quantitative estimate of drug-likeness (QED) is 0.628. The van der Waals surface area contributed by atoms with E-state index in [0.29, 0.717) is 5.56 Å². The second kappa shape index (κ2) is 7.01. The molecule has 0 spiro atoms. The van der Waals surface area contributed by atoms with Crippen LogP contribution in [-0.4, -0.2) is 36.1 Å². The molecule has 1 aliphatic rings. The highest BCUT2D eigenvalue weighted by Crippen LogP contribution is 2.28. The molecular weight excluding hydrogens is 304 g/mol. The molecule has 0 radical (unpaired) electrons. The first-order valence-electron chi connectivity index (χ1n) is 8.23. The van der Waals surface area contributed by atoms with Crippen molar-refractivity contribution in [1.29, 1.82) is 0 Å². The lowest BCUT2D eigenvalue weighted by Crippen LogP contribution is -2.35. The molecule has 1 aliphatic heterocycles. The summed E-state index contributed by atoms with van der Waals surface area (Å²) in [6.45, 7) is 3.91. The fourth-order valence-corrected chi connectivity index (χ4v) is 3.06. The Labute approximate surface area is 142 Å². The minimum atomic E-state index is -0.350. The molecular formula is C19H22N2O3. The molecule has 126 valence electrons. The Morgan fingerprint density at radius 2 is 1.71 bits per heavy atom. The SMILES string of the molecule is Cc1cc(-c2ccc(OC3CCN(C)CC3)cc2)ccc1[N+](=O)[O-]. The second-order valence-corrected chi connectivity index (χ2v) is 6.40. The molecule has 1 heterocycles. The van der Waals surface area contributed by atoms with Crippen LogP contribution in [0.2, 0.25) is 0 Å². The summed E-state index contributed by atoms with van der Waals surface area (Å²) in [5.41, 5.74) is 2.83. The molecule has 1 fully saturated rings. The van der Waals surface area contributed by atoms with Crippen molar-refractivity contribution in [1.82, 2.24) is 4.90 Å². The lowest BCUT2D eigenvalue weighted by molar-refractivity contribution is -0.385. The lowest BCUT2D eigenvalue weighted by atomic mass is 10.0. The van der Waals surface area contributed by atoms with Gasteiger partial charge in [-0.3, -0.25) is 10.1 Å². The van der Waals surface area contributed by atoms with Gasteiger partial charge in [0.25, 0.3) is 5.69 Å². The first-order valence-corrected chi connectivity index (χ1v) is 8.23. The summed E-state index contributed by atoms with van der Waals surface area (Å²) in [6, 6.07) is 13.2. The zero-order chi connectivity index (χ0) is 17.1. The van der Waals surface area contributed by atoms with E-state index in [2.05, 4.69) is 11.9 Å². The van der Waals surface area contributed by atoms with Crippen LogP contribution in [0.3, 0.4) is 0 Å². The average Bonchev–Trinajstić information content (AvgIpc) is 2.57. The van der Waals surface area contributed by atoms with Crippen LogP contribution >= 0.6 is 0 Å². The van der Waals surface area contributed by atoms with Crippen LogP contribution in [0.4, 0.5) is 5.69 Å². The smallest absolute Gasteiger partial charge is 0.272 e. The van der Waals surface area contributed by atoms with Crippen molar-refractivity contribution >= 4 is 5.69 Å². The fourth-order valence-electron chi connectivity index (χ4n) is 3.06. The molecule has 1 saturated heterocycles. The third kappa shape index (κ3) is 3.74. The highest BCUT2D eigenvalue weighted by molar-refractivity contribution is 5.67. The standard InChI is InChI=1S/C19H22N2O3/c1-14-13-16(5-8-19(14)21(22)23)15-3-6-17(7-4-15)24-18-9-11-20(2)12-10-18/h3-8,13,18H,9-12H2,1-2H3. The van der Waals surface area contributed by atoms with Crippen LogP contribution in [0.15, 0.2) is 42.5 Å². The number of nitrogens with zero attached hydrogens (tertiary/aromatic N) is 2. The minimum absolute atomic E-state index is 0.154. The van der Waals surface area contributed by atoms with Crippen LogP contribution in [0, 0.1) is 17.0 Å². The summed E-state index contributed by atoms with van der Waals surface area (Å²) < 4.78 is 6.05. The van der Waals surface area contributed by atoms with Gasteiger partial charge in [-0.15, -0.1) is 0 Å². The summed E-state index contributed by atoms with van der Waals surface area (Å²) >= 11 is 0. The number of rotatable bonds is 4. The molecule has 5 nitrogen and oxygen atoms in total. The predicted molar refractivity (Wildman–Crippen MR) is 94.4 cm³/mol. The number of likely N-dealkylation sites (tertiary alicyclic amines) is 1. The highest BCUT2D eigenvalue weighted by Gasteiger charge is 2.18. The number of piperidine rings is 1. The van der Waals surface area contributed by atoms with Crippen molar-refractivity contribution in [2.45, 2.75) is 25.9 Å². The Balaban J connectivity index is 1.70. The van der Waals surface area contributed by atoms with E-state index in [1.165, 1.54) is 0 Å². The molecule has 2 aromatic carbocycles. The third-order valence-electron chi connectivity index (χ3n) is 4.55. The van der Waals surface area contributed by atoms with Crippen molar-refractivity contribution in [3.05, 3.63) is 58.1 Å². The lowest BCUT2D eigenvalue weighted by Gasteiger charge is -2.29. The average molecular weight is 326 g/mol. The zero-order valence-corrected chi connectivity index (χ0v) is 14.1. The summed E-state index contributed by atoms with van der Waals surface area (Å²) in [6.07, 6.45) is 2.40. The van der Waals surface area contributed by atoms with E-state index in [1.54, 1.807) is 19.1 Å². The van der Waals surface area contributed by atoms with Crippen LogP contribution in [0.1, 0.15) is 18.4 Å². The minimum Gasteiger partial charge on any atom is -0.490 e. The van der Waals surface area contributed by atoms with Gasteiger partial charge in [-0.2, -0.15) is 0 Å². The molecule has 0 aliphatic carbocycles. The highest BCUT2D eigenvalue weighted by atomic mass is 16.6. The maximum Gasteiger partial charge on any atom is 0.272 e. The maximum absolute atomic E-state index is 10.9. The monoisotopic (exact) mass is 326 g/mol.